The van der Waals surface area contributed by atoms with Crippen LogP contribution in [0.15, 0.2) is 0 Å². The second-order valence-electron chi connectivity index (χ2n) is 3.95. The highest BCUT2D eigenvalue weighted by Crippen LogP contribution is 2.06. The molecule has 0 aromatic carbocycles. The van der Waals surface area contributed by atoms with Gasteiger partial charge in [-0.2, -0.15) is 0 Å². The molecule has 1 atom stereocenters. The number of hydrogen-bond donors (Lipinski definition) is 2. The van der Waals surface area contributed by atoms with Gasteiger partial charge in [0.2, 0.25) is 5.91 Å². The Labute approximate surface area is 85.2 Å². The van der Waals surface area contributed by atoms with Gasteiger partial charge >= 0.3 is 0 Å². The first kappa shape index (κ1) is 11.4. The summed E-state index contributed by atoms with van der Waals surface area (Å²) in [5, 5.41) is 0. The van der Waals surface area contributed by atoms with Crippen LogP contribution in [0.5, 0.6) is 0 Å². The molecule has 1 amide bonds. The molecule has 5 nitrogen and oxygen atoms in total. The zero-order valence-corrected chi connectivity index (χ0v) is 8.99. The Morgan fingerprint density at radius 3 is 2.86 bits per heavy atom. The number of hydrogen-bond acceptors (Lipinski definition) is 4. The van der Waals surface area contributed by atoms with Crippen molar-refractivity contribution < 1.29 is 4.79 Å². The van der Waals surface area contributed by atoms with E-state index in [-0.39, 0.29) is 5.91 Å². The minimum Gasteiger partial charge on any atom is -0.301 e. The number of likely N-dealkylation sites (N-methyl/N-ethyl adjacent to an activating group) is 1. The van der Waals surface area contributed by atoms with Gasteiger partial charge < -0.3 is 9.80 Å². The summed E-state index contributed by atoms with van der Waals surface area (Å²) in [6.45, 7) is 6.16. The van der Waals surface area contributed by atoms with E-state index < -0.39 is 0 Å². The number of nitrogens with zero attached hydrogens (tertiary/aromatic N) is 2. The summed E-state index contributed by atoms with van der Waals surface area (Å²) in [6, 6.07) is 0.574. The van der Waals surface area contributed by atoms with Gasteiger partial charge in [-0.05, 0) is 14.0 Å². The number of rotatable bonds is 3. The second kappa shape index (κ2) is 5.29. The molecule has 0 aromatic heterocycles. The van der Waals surface area contributed by atoms with Crippen molar-refractivity contribution in [1.82, 2.24) is 15.2 Å². The Morgan fingerprint density at radius 2 is 2.29 bits per heavy atom. The van der Waals surface area contributed by atoms with Gasteiger partial charge in [0.1, 0.15) is 0 Å². The molecule has 0 bridgehead atoms. The lowest BCUT2D eigenvalue weighted by atomic mass is 10.2. The predicted octanol–water partition coefficient (Wildman–Crippen LogP) is -0.998. The molecule has 0 spiro atoms. The van der Waals surface area contributed by atoms with Crippen molar-refractivity contribution in [2.24, 2.45) is 5.84 Å². The molecule has 82 valence electrons. The van der Waals surface area contributed by atoms with Crippen LogP contribution in [-0.2, 0) is 4.79 Å². The lowest BCUT2D eigenvalue weighted by molar-refractivity contribution is -0.121. The van der Waals surface area contributed by atoms with Gasteiger partial charge in [0.05, 0.1) is 0 Å². The Hall–Kier alpha value is -0.650. The quantitative estimate of drug-likeness (QED) is 0.348. The summed E-state index contributed by atoms with van der Waals surface area (Å²) in [7, 11) is 2.13. The maximum absolute atomic E-state index is 10.9. The fourth-order valence-corrected chi connectivity index (χ4v) is 1.66. The summed E-state index contributed by atoms with van der Waals surface area (Å²) in [5.74, 6) is 4.92. The Kier molecular flexibility index (Phi) is 4.31. The molecule has 1 aliphatic heterocycles. The van der Waals surface area contributed by atoms with Crippen LogP contribution in [-0.4, -0.2) is 55.0 Å². The monoisotopic (exact) mass is 200 g/mol. The van der Waals surface area contributed by atoms with E-state index in [4.69, 9.17) is 5.84 Å². The van der Waals surface area contributed by atoms with Gasteiger partial charge in [-0.3, -0.25) is 10.2 Å². The number of amides is 1. The molecule has 1 rings (SSSR count). The second-order valence-corrected chi connectivity index (χ2v) is 3.95. The van der Waals surface area contributed by atoms with Crippen LogP contribution in [0.2, 0.25) is 0 Å². The third-order valence-electron chi connectivity index (χ3n) is 2.86. The fourth-order valence-electron chi connectivity index (χ4n) is 1.66. The molecule has 1 unspecified atom stereocenters. The smallest absolute Gasteiger partial charge is 0.235 e. The molecule has 3 N–H and O–H groups in total. The van der Waals surface area contributed by atoms with Gasteiger partial charge in [-0.1, -0.05) is 0 Å². The van der Waals surface area contributed by atoms with E-state index in [1.807, 2.05) is 0 Å². The van der Waals surface area contributed by atoms with E-state index in [2.05, 4.69) is 29.2 Å². The van der Waals surface area contributed by atoms with Gasteiger partial charge in [0, 0.05) is 38.6 Å². The van der Waals surface area contributed by atoms with E-state index in [1.165, 1.54) is 0 Å². The van der Waals surface area contributed by atoms with E-state index in [0.717, 1.165) is 26.2 Å². The molecule has 5 heteroatoms. The molecule has 0 saturated carbocycles. The third-order valence-corrected chi connectivity index (χ3v) is 2.86. The summed E-state index contributed by atoms with van der Waals surface area (Å²) >= 11 is 0. The van der Waals surface area contributed by atoms with Crippen LogP contribution >= 0.6 is 0 Å². The first-order valence-corrected chi connectivity index (χ1v) is 5.05. The van der Waals surface area contributed by atoms with Crippen molar-refractivity contribution in [1.29, 1.82) is 0 Å². The van der Waals surface area contributed by atoms with Gasteiger partial charge in [0.15, 0.2) is 0 Å². The highest BCUT2D eigenvalue weighted by Gasteiger charge is 2.20. The first-order chi connectivity index (χ1) is 6.63. The Balaban J connectivity index is 2.23. The van der Waals surface area contributed by atoms with Gasteiger partial charge in [-0.25, -0.2) is 5.84 Å². The fraction of sp³-hybridized carbons (Fsp3) is 0.889. The molecule has 0 radical (unpaired) electrons. The maximum Gasteiger partial charge on any atom is 0.235 e. The van der Waals surface area contributed by atoms with Crippen LogP contribution in [0, 0.1) is 0 Å². The molecule has 1 aliphatic rings. The zero-order chi connectivity index (χ0) is 10.6. The average Bonchev–Trinajstić information content (AvgIpc) is 2.19. The summed E-state index contributed by atoms with van der Waals surface area (Å²) in [4.78, 5) is 15.6. The molecule has 1 fully saturated rings. The van der Waals surface area contributed by atoms with Crippen LogP contribution in [0.25, 0.3) is 0 Å². The lowest BCUT2D eigenvalue weighted by Crippen LogP contribution is -2.50. The average molecular weight is 200 g/mol. The van der Waals surface area contributed by atoms with Crippen molar-refractivity contribution >= 4 is 5.91 Å². The number of carbonyl (C=O) groups is 1. The van der Waals surface area contributed by atoms with Crippen LogP contribution in [0.1, 0.15) is 13.3 Å². The highest BCUT2D eigenvalue weighted by atomic mass is 16.2. The van der Waals surface area contributed by atoms with E-state index in [0.29, 0.717) is 12.5 Å². The van der Waals surface area contributed by atoms with E-state index >= 15 is 0 Å². The Bertz CT molecular complexity index is 197. The zero-order valence-electron chi connectivity index (χ0n) is 8.99. The summed E-state index contributed by atoms with van der Waals surface area (Å²) < 4.78 is 0. The molecular weight excluding hydrogens is 180 g/mol. The standard InChI is InChI=1S/C9H20N4O/c1-8-7-13(6-5-12(8)2)4-3-9(14)11-10/h8H,3-7,10H2,1-2H3,(H,11,14). The van der Waals surface area contributed by atoms with Crippen molar-refractivity contribution in [2.75, 3.05) is 33.2 Å². The van der Waals surface area contributed by atoms with Crippen LogP contribution in [0.4, 0.5) is 0 Å². The molecule has 0 aromatic rings. The molecular formula is C9H20N4O. The van der Waals surface area contributed by atoms with Crippen molar-refractivity contribution in [2.45, 2.75) is 19.4 Å². The van der Waals surface area contributed by atoms with Crippen LogP contribution < -0.4 is 11.3 Å². The minimum absolute atomic E-state index is 0.0865. The summed E-state index contributed by atoms with van der Waals surface area (Å²) in [5.41, 5.74) is 2.15. The number of piperazine rings is 1. The maximum atomic E-state index is 10.9. The molecule has 1 saturated heterocycles. The lowest BCUT2D eigenvalue weighted by Gasteiger charge is -2.37. The minimum atomic E-state index is -0.0865. The Morgan fingerprint density at radius 1 is 1.57 bits per heavy atom. The highest BCUT2D eigenvalue weighted by molar-refractivity contribution is 5.75. The van der Waals surface area contributed by atoms with Crippen LogP contribution in [0.3, 0.4) is 0 Å². The summed E-state index contributed by atoms with van der Waals surface area (Å²) in [6.07, 6.45) is 0.493. The number of nitrogens with two attached hydrogens (primary N) is 1. The topological polar surface area (TPSA) is 61.6 Å². The van der Waals surface area contributed by atoms with Crippen molar-refractivity contribution in [3.63, 3.8) is 0 Å². The number of hydrazine groups is 1. The molecule has 1 heterocycles. The largest absolute Gasteiger partial charge is 0.301 e. The van der Waals surface area contributed by atoms with Crippen molar-refractivity contribution in [3.8, 4) is 0 Å². The van der Waals surface area contributed by atoms with Gasteiger partial charge in [-0.15, -0.1) is 0 Å². The predicted molar refractivity (Wildman–Crippen MR) is 55.5 cm³/mol. The van der Waals surface area contributed by atoms with Crippen molar-refractivity contribution in [3.05, 3.63) is 0 Å². The normalized spacial score (nSPS) is 24.9. The van der Waals surface area contributed by atoms with Gasteiger partial charge in [0.25, 0.3) is 0 Å². The third kappa shape index (κ3) is 3.25. The van der Waals surface area contributed by atoms with E-state index in [9.17, 15) is 4.79 Å². The molecule has 14 heavy (non-hydrogen) atoms. The number of nitrogens with one attached hydrogen (secondary N) is 1. The SMILES string of the molecule is CC1CN(CCC(=O)NN)CCN1C. The number of carbonyl (C=O) groups excluding carboxylic acids is 1. The van der Waals surface area contributed by atoms with E-state index in [1.54, 1.807) is 0 Å². The first-order valence-electron chi connectivity index (χ1n) is 5.05. The molecule has 0 aliphatic carbocycles.